The molecule has 0 bridgehead atoms. The first-order chi connectivity index (χ1) is 8.11. The summed E-state index contributed by atoms with van der Waals surface area (Å²) in [5.41, 5.74) is 11.7. The number of aryl methyl sites for hydroxylation is 3. The largest absolute Gasteiger partial charge is 0.330 e. The van der Waals surface area contributed by atoms with Gasteiger partial charge in [-0.05, 0) is 50.4 Å². The van der Waals surface area contributed by atoms with Gasteiger partial charge in [0.2, 0.25) is 0 Å². The Morgan fingerprint density at radius 1 is 1.18 bits per heavy atom. The quantitative estimate of drug-likeness (QED) is 0.877. The van der Waals surface area contributed by atoms with Gasteiger partial charge in [0.25, 0.3) is 0 Å². The monoisotopic (exact) mass is 229 g/mol. The summed E-state index contributed by atoms with van der Waals surface area (Å²) in [7, 11) is 0. The Balaban J connectivity index is 2.45. The van der Waals surface area contributed by atoms with Crippen molar-refractivity contribution in [2.24, 2.45) is 5.73 Å². The first kappa shape index (κ1) is 11.9. The molecule has 17 heavy (non-hydrogen) atoms. The van der Waals surface area contributed by atoms with E-state index in [4.69, 9.17) is 5.73 Å². The summed E-state index contributed by atoms with van der Waals surface area (Å²) in [6, 6.07) is 4.37. The molecule has 1 heterocycles. The van der Waals surface area contributed by atoms with Crippen LogP contribution in [0.3, 0.4) is 0 Å². The molecular formula is C14H19N3. The van der Waals surface area contributed by atoms with Gasteiger partial charge in [-0.3, -0.25) is 0 Å². The van der Waals surface area contributed by atoms with Crippen molar-refractivity contribution < 1.29 is 0 Å². The van der Waals surface area contributed by atoms with E-state index in [2.05, 4.69) is 44.2 Å². The Bertz CT molecular complexity index is 503. The SMILES string of the molecule is Cc1cc(C)c(-n2cc(CCN)cn2)c(C)c1. The van der Waals surface area contributed by atoms with Crippen molar-refractivity contribution in [3.63, 3.8) is 0 Å². The second kappa shape index (κ2) is 4.72. The average molecular weight is 229 g/mol. The Morgan fingerprint density at radius 3 is 2.41 bits per heavy atom. The van der Waals surface area contributed by atoms with Crippen molar-refractivity contribution >= 4 is 0 Å². The number of rotatable bonds is 3. The van der Waals surface area contributed by atoms with E-state index in [1.165, 1.54) is 27.9 Å². The number of nitrogens with zero attached hydrogens (tertiary/aromatic N) is 2. The van der Waals surface area contributed by atoms with Gasteiger partial charge in [0.15, 0.2) is 0 Å². The van der Waals surface area contributed by atoms with Gasteiger partial charge in [-0.1, -0.05) is 17.7 Å². The summed E-state index contributed by atoms with van der Waals surface area (Å²) < 4.78 is 1.95. The minimum Gasteiger partial charge on any atom is -0.330 e. The van der Waals surface area contributed by atoms with Gasteiger partial charge in [0, 0.05) is 6.20 Å². The number of aromatic nitrogens is 2. The smallest absolute Gasteiger partial charge is 0.0704 e. The summed E-state index contributed by atoms with van der Waals surface area (Å²) in [6.07, 6.45) is 4.84. The highest BCUT2D eigenvalue weighted by Gasteiger charge is 2.07. The third-order valence-electron chi connectivity index (χ3n) is 2.93. The number of benzene rings is 1. The molecule has 0 saturated heterocycles. The van der Waals surface area contributed by atoms with Crippen molar-refractivity contribution in [1.29, 1.82) is 0 Å². The number of nitrogens with two attached hydrogens (primary N) is 1. The molecule has 0 aliphatic carbocycles. The zero-order chi connectivity index (χ0) is 12.4. The molecule has 0 fully saturated rings. The normalized spacial score (nSPS) is 10.8. The number of hydrogen-bond donors (Lipinski definition) is 1. The fraction of sp³-hybridized carbons (Fsp3) is 0.357. The van der Waals surface area contributed by atoms with Crippen molar-refractivity contribution in [2.75, 3.05) is 6.54 Å². The fourth-order valence-corrected chi connectivity index (χ4v) is 2.31. The Labute approximate surface area is 102 Å². The van der Waals surface area contributed by atoms with Crippen LogP contribution in [0.2, 0.25) is 0 Å². The molecule has 3 nitrogen and oxygen atoms in total. The van der Waals surface area contributed by atoms with Gasteiger partial charge in [-0.2, -0.15) is 5.10 Å². The summed E-state index contributed by atoms with van der Waals surface area (Å²) in [4.78, 5) is 0. The fourth-order valence-electron chi connectivity index (χ4n) is 2.31. The Kier molecular flexibility index (Phi) is 3.29. The highest BCUT2D eigenvalue weighted by molar-refractivity contribution is 5.48. The van der Waals surface area contributed by atoms with Crippen molar-refractivity contribution in [3.05, 3.63) is 46.8 Å². The predicted octanol–water partition coefficient (Wildman–Crippen LogP) is 2.30. The standard InChI is InChI=1S/C14H19N3/c1-10-6-11(2)14(12(3)7-10)17-9-13(4-5-15)8-16-17/h6-9H,4-5,15H2,1-3H3. The van der Waals surface area contributed by atoms with Gasteiger partial charge in [0.1, 0.15) is 0 Å². The third kappa shape index (κ3) is 2.39. The lowest BCUT2D eigenvalue weighted by Gasteiger charge is -2.11. The lowest BCUT2D eigenvalue weighted by molar-refractivity contribution is 0.862. The van der Waals surface area contributed by atoms with E-state index in [9.17, 15) is 0 Å². The zero-order valence-electron chi connectivity index (χ0n) is 10.7. The van der Waals surface area contributed by atoms with Crippen molar-refractivity contribution in [3.8, 4) is 5.69 Å². The maximum Gasteiger partial charge on any atom is 0.0704 e. The summed E-state index contributed by atoms with van der Waals surface area (Å²) in [6.45, 7) is 7.03. The zero-order valence-corrected chi connectivity index (χ0v) is 10.7. The lowest BCUT2D eigenvalue weighted by atomic mass is 10.1. The first-order valence-electron chi connectivity index (χ1n) is 5.93. The minimum atomic E-state index is 0.664. The molecule has 0 aliphatic rings. The molecule has 0 aliphatic heterocycles. The summed E-state index contributed by atoms with van der Waals surface area (Å²) >= 11 is 0. The van der Waals surface area contributed by atoms with Crippen molar-refractivity contribution in [2.45, 2.75) is 27.2 Å². The molecule has 0 atom stereocenters. The average Bonchev–Trinajstić information content (AvgIpc) is 2.65. The van der Waals surface area contributed by atoms with E-state index in [0.717, 1.165) is 6.42 Å². The maximum atomic E-state index is 5.55. The van der Waals surface area contributed by atoms with E-state index < -0.39 is 0 Å². The molecule has 0 amide bonds. The topological polar surface area (TPSA) is 43.8 Å². The van der Waals surface area contributed by atoms with Crippen LogP contribution >= 0.6 is 0 Å². The van der Waals surface area contributed by atoms with E-state index in [1.54, 1.807) is 0 Å². The molecule has 0 unspecified atom stereocenters. The van der Waals surface area contributed by atoms with Crippen LogP contribution in [0.5, 0.6) is 0 Å². The van der Waals surface area contributed by atoms with E-state index in [0.29, 0.717) is 6.54 Å². The van der Waals surface area contributed by atoms with Crippen LogP contribution < -0.4 is 5.73 Å². The Hall–Kier alpha value is -1.61. The molecule has 0 saturated carbocycles. The first-order valence-corrected chi connectivity index (χ1v) is 5.93. The maximum absolute atomic E-state index is 5.55. The molecule has 90 valence electrons. The molecule has 0 radical (unpaired) electrons. The van der Waals surface area contributed by atoms with Crippen LogP contribution in [-0.2, 0) is 6.42 Å². The Morgan fingerprint density at radius 2 is 1.82 bits per heavy atom. The molecule has 1 aromatic heterocycles. The minimum absolute atomic E-state index is 0.664. The molecule has 3 heteroatoms. The van der Waals surface area contributed by atoms with Crippen LogP contribution in [-0.4, -0.2) is 16.3 Å². The van der Waals surface area contributed by atoms with E-state index >= 15 is 0 Å². The van der Waals surface area contributed by atoms with Gasteiger partial charge in [-0.15, -0.1) is 0 Å². The second-order valence-electron chi connectivity index (χ2n) is 4.58. The highest BCUT2D eigenvalue weighted by Crippen LogP contribution is 2.20. The molecule has 2 aromatic rings. The van der Waals surface area contributed by atoms with Gasteiger partial charge in [-0.25, -0.2) is 4.68 Å². The van der Waals surface area contributed by atoms with E-state index in [1.807, 2.05) is 10.9 Å². The third-order valence-corrected chi connectivity index (χ3v) is 2.93. The second-order valence-corrected chi connectivity index (χ2v) is 4.58. The lowest BCUT2D eigenvalue weighted by Crippen LogP contribution is -2.03. The van der Waals surface area contributed by atoms with Crippen LogP contribution in [0.25, 0.3) is 5.69 Å². The van der Waals surface area contributed by atoms with Crippen LogP contribution in [0.15, 0.2) is 24.5 Å². The molecular weight excluding hydrogens is 210 g/mol. The molecule has 1 aromatic carbocycles. The van der Waals surface area contributed by atoms with Gasteiger partial charge in [0.05, 0.1) is 11.9 Å². The van der Waals surface area contributed by atoms with Gasteiger partial charge < -0.3 is 5.73 Å². The van der Waals surface area contributed by atoms with Crippen LogP contribution in [0.1, 0.15) is 22.3 Å². The molecule has 0 spiro atoms. The summed E-state index contributed by atoms with van der Waals surface area (Å²) in [5, 5.41) is 4.42. The molecule has 2 rings (SSSR count). The number of hydrogen-bond acceptors (Lipinski definition) is 2. The van der Waals surface area contributed by atoms with Crippen LogP contribution in [0, 0.1) is 20.8 Å². The predicted molar refractivity (Wildman–Crippen MR) is 70.5 cm³/mol. The highest BCUT2D eigenvalue weighted by atomic mass is 15.3. The van der Waals surface area contributed by atoms with Crippen LogP contribution in [0.4, 0.5) is 0 Å². The summed E-state index contributed by atoms with van der Waals surface area (Å²) in [5.74, 6) is 0. The van der Waals surface area contributed by atoms with E-state index in [-0.39, 0.29) is 0 Å². The molecule has 2 N–H and O–H groups in total. The van der Waals surface area contributed by atoms with Crippen molar-refractivity contribution in [1.82, 2.24) is 9.78 Å². The van der Waals surface area contributed by atoms with Gasteiger partial charge >= 0.3 is 0 Å².